The van der Waals surface area contributed by atoms with E-state index in [1.807, 2.05) is 30.3 Å². The van der Waals surface area contributed by atoms with Gasteiger partial charge in [-0.15, -0.1) is 0 Å². The normalized spacial score (nSPS) is 22.0. The van der Waals surface area contributed by atoms with Gasteiger partial charge in [-0.25, -0.2) is 9.97 Å². The Morgan fingerprint density at radius 3 is 1.24 bits per heavy atom. The molecule has 4 fully saturated rings. The molecule has 2 aromatic carbocycles. The quantitative estimate of drug-likeness (QED) is 0.198. The van der Waals surface area contributed by atoms with Crippen LogP contribution < -0.4 is 19.6 Å². The first-order valence-corrected chi connectivity index (χ1v) is 22.3. The van der Waals surface area contributed by atoms with Crippen molar-refractivity contribution >= 4 is 45.6 Å². The van der Waals surface area contributed by atoms with Crippen LogP contribution in [-0.2, 0) is 25.6 Å². The number of ether oxygens (including phenoxy) is 4. The van der Waals surface area contributed by atoms with Crippen LogP contribution >= 0.6 is 0 Å². The van der Waals surface area contributed by atoms with Crippen molar-refractivity contribution < 1.29 is 24.1 Å². The standard InChI is InChI=1S/C24H29N5O3.C24H29N5O2/c1-16-14-31-11-9-28(16)23-20-7-8-21(19-5-3-18(13-30)4-6-19)25-22(20)26-24(27-23)29-10-12-32-15-17(29)2;1-16-4-6-19(7-5-16)21-9-8-20-22(25-21)26-24(29-11-13-31-15-18(29)3)27-23(20)28-10-12-30-14-17(28)2/h3-8,16-17,30H,9-15H2,1-2H3;4-9,17-18H,10-15H2,1-3H3/t16-,17-;17-,18-/m00/s1. The van der Waals surface area contributed by atoms with Gasteiger partial charge in [-0.05, 0) is 64.4 Å². The molecule has 10 rings (SSSR count). The third-order valence-electron chi connectivity index (χ3n) is 12.4. The van der Waals surface area contributed by atoms with Crippen LogP contribution in [-0.4, -0.2) is 138 Å². The number of pyridine rings is 2. The summed E-state index contributed by atoms with van der Waals surface area (Å²) in [7, 11) is 0. The largest absolute Gasteiger partial charge is 0.392 e. The molecule has 0 bridgehead atoms. The molecular weight excluding hydrogens is 797 g/mol. The lowest BCUT2D eigenvalue weighted by molar-refractivity contribution is 0.0972. The van der Waals surface area contributed by atoms with Crippen molar-refractivity contribution in [3.8, 4) is 22.5 Å². The van der Waals surface area contributed by atoms with E-state index < -0.39 is 0 Å². The van der Waals surface area contributed by atoms with Crippen LogP contribution in [0.15, 0.2) is 72.8 Å². The third-order valence-corrected chi connectivity index (χ3v) is 12.4. The molecule has 0 spiro atoms. The summed E-state index contributed by atoms with van der Waals surface area (Å²) in [5, 5.41) is 11.3. The number of morpholine rings is 4. The van der Waals surface area contributed by atoms with Crippen molar-refractivity contribution in [3.63, 3.8) is 0 Å². The number of anilines is 4. The SMILES string of the molecule is C[C@H]1COCCN1c1nc(N2CCOC[C@@H]2C)c2ccc(-c3ccc(CO)cc3)nc2n1.Cc1ccc(-c2ccc3c(N4CCOC[C@@H]4C)nc(N4CCOC[C@@H]4C)nc3n2)cc1. The Bertz CT molecular complexity index is 2510. The van der Waals surface area contributed by atoms with Crippen LogP contribution in [0.2, 0.25) is 0 Å². The molecule has 4 atom stereocenters. The highest BCUT2D eigenvalue weighted by Gasteiger charge is 2.29. The molecule has 1 N–H and O–H groups in total. The zero-order valence-electron chi connectivity index (χ0n) is 37.0. The summed E-state index contributed by atoms with van der Waals surface area (Å²) in [6.45, 7) is 19.3. The molecule has 0 radical (unpaired) electrons. The van der Waals surface area contributed by atoms with Gasteiger partial charge in [0.1, 0.15) is 11.6 Å². The fourth-order valence-corrected chi connectivity index (χ4v) is 8.62. The second kappa shape index (κ2) is 19.0. The number of aliphatic hydroxyl groups is 1. The molecule has 0 unspecified atom stereocenters. The number of hydrogen-bond donors (Lipinski definition) is 1. The fourth-order valence-electron chi connectivity index (χ4n) is 8.62. The molecule has 4 saturated heterocycles. The highest BCUT2D eigenvalue weighted by atomic mass is 16.5. The van der Waals surface area contributed by atoms with Gasteiger partial charge in [0.15, 0.2) is 11.3 Å². The minimum atomic E-state index is 0.0286. The number of aryl methyl sites for hydroxylation is 1. The van der Waals surface area contributed by atoms with E-state index in [-0.39, 0.29) is 30.8 Å². The van der Waals surface area contributed by atoms with Crippen molar-refractivity contribution in [2.45, 2.75) is 65.4 Å². The van der Waals surface area contributed by atoms with Gasteiger partial charge in [-0.2, -0.15) is 19.9 Å². The first kappa shape index (κ1) is 42.7. The van der Waals surface area contributed by atoms with Crippen molar-refractivity contribution in [1.82, 2.24) is 29.9 Å². The smallest absolute Gasteiger partial charge is 0.229 e. The van der Waals surface area contributed by atoms with Crippen LogP contribution in [0.3, 0.4) is 0 Å². The molecular formula is C48H58N10O5. The number of fused-ring (bicyclic) bond motifs is 2. The van der Waals surface area contributed by atoms with Gasteiger partial charge >= 0.3 is 0 Å². The molecule has 330 valence electrons. The number of rotatable bonds is 7. The predicted octanol–water partition coefficient (Wildman–Crippen LogP) is 6.08. The maximum absolute atomic E-state index is 9.33. The van der Waals surface area contributed by atoms with Gasteiger partial charge in [0.2, 0.25) is 11.9 Å². The van der Waals surface area contributed by atoms with Gasteiger partial charge in [0.25, 0.3) is 0 Å². The molecule has 15 heteroatoms. The lowest BCUT2D eigenvalue weighted by Gasteiger charge is -2.37. The zero-order valence-corrected chi connectivity index (χ0v) is 37.0. The number of nitrogens with zero attached hydrogens (tertiary/aromatic N) is 10. The first-order chi connectivity index (χ1) is 30.7. The van der Waals surface area contributed by atoms with Crippen molar-refractivity contribution in [2.24, 2.45) is 0 Å². The Labute approximate surface area is 369 Å². The minimum Gasteiger partial charge on any atom is -0.392 e. The first-order valence-electron chi connectivity index (χ1n) is 22.3. The van der Waals surface area contributed by atoms with Gasteiger partial charge < -0.3 is 43.7 Å². The molecule has 4 aliphatic heterocycles. The highest BCUT2D eigenvalue weighted by Crippen LogP contribution is 2.33. The monoisotopic (exact) mass is 854 g/mol. The summed E-state index contributed by atoms with van der Waals surface area (Å²) in [4.78, 5) is 38.9. The van der Waals surface area contributed by atoms with Crippen molar-refractivity contribution in [2.75, 3.05) is 98.6 Å². The zero-order chi connectivity index (χ0) is 43.5. The lowest BCUT2D eigenvalue weighted by atomic mass is 10.1. The number of aromatic nitrogens is 6. The van der Waals surface area contributed by atoms with E-state index in [0.717, 1.165) is 88.3 Å². The molecule has 0 saturated carbocycles. The Morgan fingerprint density at radius 1 is 0.476 bits per heavy atom. The van der Waals surface area contributed by atoms with Gasteiger partial charge in [0, 0.05) is 37.3 Å². The minimum absolute atomic E-state index is 0.0286. The van der Waals surface area contributed by atoms with Gasteiger partial charge in [-0.3, -0.25) is 0 Å². The summed E-state index contributed by atoms with van der Waals surface area (Å²) >= 11 is 0. The molecule has 0 amide bonds. The van der Waals surface area contributed by atoms with Crippen molar-refractivity contribution in [1.29, 1.82) is 0 Å². The summed E-state index contributed by atoms with van der Waals surface area (Å²) in [5.74, 6) is 3.28. The second-order valence-corrected chi connectivity index (χ2v) is 17.0. The summed E-state index contributed by atoms with van der Waals surface area (Å²) < 4.78 is 22.6. The van der Waals surface area contributed by atoms with E-state index in [1.165, 1.54) is 5.56 Å². The predicted molar refractivity (Wildman–Crippen MR) is 247 cm³/mol. The third kappa shape index (κ3) is 9.25. The second-order valence-electron chi connectivity index (χ2n) is 17.0. The van der Waals surface area contributed by atoms with E-state index in [2.05, 4.69) is 96.7 Å². The maximum Gasteiger partial charge on any atom is 0.229 e. The average Bonchev–Trinajstić information content (AvgIpc) is 3.31. The molecule has 15 nitrogen and oxygen atoms in total. The Hall–Kier alpha value is -5.58. The van der Waals surface area contributed by atoms with Gasteiger partial charge in [-0.1, -0.05) is 54.1 Å². The molecule has 63 heavy (non-hydrogen) atoms. The topological polar surface area (TPSA) is 147 Å². The molecule has 8 heterocycles. The number of benzene rings is 2. The summed E-state index contributed by atoms with van der Waals surface area (Å²) in [6, 6.07) is 25.4. The Balaban J connectivity index is 0.000000160. The lowest BCUT2D eigenvalue weighted by Crippen LogP contribution is -2.46. The van der Waals surface area contributed by atoms with E-state index in [4.69, 9.17) is 48.9 Å². The summed E-state index contributed by atoms with van der Waals surface area (Å²) in [5.41, 5.74) is 7.39. The highest BCUT2D eigenvalue weighted by molar-refractivity contribution is 5.91. The Kier molecular flexibility index (Phi) is 12.9. The molecule has 4 aromatic heterocycles. The molecule has 0 aliphatic carbocycles. The van der Waals surface area contributed by atoms with E-state index in [1.54, 1.807) is 0 Å². The number of hydrogen-bond acceptors (Lipinski definition) is 15. The van der Waals surface area contributed by atoms with Gasteiger partial charge in [0.05, 0.1) is 106 Å². The fraction of sp³-hybridized carbons (Fsp3) is 0.458. The van der Waals surface area contributed by atoms with Crippen molar-refractivity contribution in [3.05, 3.63) is 83.9 Å². The maximum atomic E-state index is 9.33. The van der Waals surface area contributed by atoms with E-state index in [0.29, 0.717) is 64.5 Å². The van der Waals surface area contributed by atoms with Crippen LogP contribution in [0.4, 0.5) is 23.5 Å². The van der Waals surface area contributed by atoms with Crippen LogP contribution in [0, 0.1) is 6.92 Å². The molecule has 6 aromatic rings. The number of aliphatic hydroxyl groups excluding tert-OH is 1. The molecule has 4 aliphatic rings. The van der Waals surface area contributed by atoms with E-state index >= 15 is 0 Å². The van der Waals surface area contributed by atoms with E-state index in [9.17, 15) is 5.11 Å². The van der Waals surface area contributed by atoms with Crippen LogP contribution in [0.25, 0.3) is 44.6 Å². The Morgan fingerprint density at radius 2 is 0.857 bits per heavy atom. The van der Waals surface area contributed by atoms with Crippen LogP contribution in [0.5, 0.6) is 0 Å². The average molecular weight is 855 g/mol. The summed E-state index contributed by atoms with van der Waals surface area (Å²) in [6.07, 6.45) is 0. The van der Waals surface area contributed by atoms with Crippen LogP contribution in [0.1, 0.15) is 38.8 Å².